The van der Waals surface area contributed by atoms with Crippen LogP contribution < -0.4 is 4.90 Å². The van der Waals surface area contributed by atoms with Crippen LogP contribution in [0.4, 0.5) is 5.69 Å². The maximum absolute atomic E-state index is 13.5. The number of hydrogen-bond acceptors (Lipinski definition) is 4. The number of carbonyl (C=O) groups excluding carboxylic acids is 1. The van der Waals surface area contributed by atoms with Crippen molar-refractivity contribution in [3.05, 3.63) is 114 Å². The quantitative estimate of drug-likeness (QED) is 0.428. The number of cyclic esters (lactones) is 1. The first kappa shape index (κ1) is 21.3. The van der Waals surface area contributed by atoms with Crippen LogP contribution in [0.3, 0.4) is 0 Å². The number of ether oxygens (including phenoxy) is 1. The molecule has 4 nitrogen and oxygen atoms in total. The lowest BCUT2D eigenvalue weighted by Gasteiger charge is -2.40. The van der Waals surface area contributed by atoms with Gasteiger partial charge in [0.15, 0.2) is 5.70 Å². The van der Waals surface area contributed by atoms with Crippen LogP contribution >= 0.6 is 0 Å². The van der Waals surface area contributed by atoms with Gasteiger partial charge in [-0.3, -0.25) is 0 Å². The molecule has 0 radical (unpaired) electrons. The van der Waals surface area contributed by atoms with E-state index in [1.54, 1.807) is 0 Å². The first-order chi connectivity index (χ1) is 16.1. The summed E-state index contributed by atoms with van der Waals surface area (Å²) in [6.45, 7) is 0.709. The molecular weight excluding hydrogens is 410 g/mol. The van der Waals surface area contributed by atoms with Crippen LogP contribution in [0.2, 0.25) is 0 Å². The summed E-state index contributed by atoms with van der Waals surface area (Å²) in [7, 11) is 0. The second-order valence-corrected chi connectivity index (χ2v) is 9.10. The van der Waals surface area contributed by atoms with Crippen LogP contribution in [0.5, 0.6) is 0 Å². The van der Waals surface area contributed by atoms with Gasteiger partial charge in [0.2, 0.25) is 0 Å². The molecule has 0 bridgehead atoms. The standard InChI is InChI=1S/C29H29NO3/c31-26-20-29(24-12-6-2-7-13-24,19-18-22-10-4-1-5-11-22)33-28(32)27(26)30(21-23-16-17-23)25-14-8-3-9-15-25/h1-15,23,31H,16-21H2. The summed E-state index contributed by atoms with van der Waals surface area (Å²) in [6.07, 6.45) is 3.90. The molecule has 3 aromatic carbocycles. The summed E-state index contributed by atoms with van der Waals surface area (Å²) in [6, 6.07) is 29.8. The zero-order chi connectivity index (χ0) is 22.7. The fraction of sp³-hybridized carbons (Fsp3) is 0.276. The number of esters is 1. The van der Waals surface area contributed by atoms with E-state index in [1.165, 1.54) is 5.56 Å². The molecule has 1 fully saturated rings. The molecule has 33 heavy (non-hydrogen) atoms. The predicted octanol–water partition coefficient (Wildman–Crippen LogP) is 6.15. The Kier molecular flexibility index (Phi) is 5.91. The Morgan fingerprint density at radius 3 is 2.09 bits per heavy atom. The van der Waals surface area contributed by atoms with Crippen LogP contribution in [-0.4, -0.2) is 17.6 Å². The SMILES string of the molecule is O=C1OC(CCc2ccccc2)(c2ccccc2)CC(O)=C1N(CC1CC1)c1ccccc1. The molecule has 3 aromatic rings. The Morgan fingerprint density at radius 2 is 1.48 bits per heavy atom. The van der Waals surface area contributed by atoms with E-state index in [9.17, 15) is 9.90 Å². The van der Waals surface area contributed by atoms with Crippen molar-refractivity contribution < 1.29 is 14.6 Å². The van der Waals surface area contributed by atoms with Crippen LogP contribution in [0.15, 0.2) is 102 Å². The number of carbonyl (C=O) groups is 1. The number of anilines is 1. The molecule has 0 aromatic heterocycles. The highest BCUT2D eigenvalue weighted by Gasteiger charge is 2.45. The first-order valence-corrected chi connectivity index (χ1v) is 11.7. The van der Waals surface area contributed by atoms with Crippen LogP contribution in [0, 0.1) is 5.92 Å². The Morgan fingerprint density at radius 1 is 0.879 bits per heavy atom. The molecule has 0 spiro atoms. The lowest BCUT2D eigenvalue weighted by Crippen LogP contribution is -2.43. The second kappa shape index (κ2) is 9.14. The summed E-state index contributed by atoms with van der Waals surface area (Å²) < 4.78 is 6.27. The van der Waals surface area contributed by atoms with E-state index in [0.717, 1.165) is 30.5 Å². The van der Waals surface area contributed by atoms with E-state index < -0.39 is 11.6 Å². The number of aliphatic hydroxyl groups excluding tert-OH is 1. The average Bonchev–Trinajstić information content (AvgIpc) is 3.68. The minimum atomic E-state index is -0.899. The lowest BCUT2D eigenvalue weighted by atomic mass is 9.82. The number of benzene rings is 3. The fourth-order valence-electron chi connectivity index (χ4n) is 4.67. The molecule has 4 heteroatoms. The van der Waals surface area contributed by atoms with Gasteiger partial charge in [-0.2, -0.15) is 0 Å². The van der Waals surface area contributed by atoms with Gasteiger partial charge >= 0.3 is 5.97 Å². The van der Waals surface area contributed by atoms with E-state index in [4.69, 9.17) is 4.74 Å². The molecule has 5 rings (SSSR count). The van der Waals surface area contributed by atoms with E-state index in [1.807, 2.05) is 83.8 Å². The zero-order valence-corrected chi connectivity index (χ0v) is 18.7. The highest BCUT2D eigenvalue weighted by Crippen LogP contribution is 2.43. The van der Waals surface area contributed by atoms with Gasteiger partial charge in [-0.05, 0) is 54.9 Å². The molecule has 1 heterocycles. The van der Waals surface area contributed by atoms with E-state index in [2.05, 4.69) is 12.1 Å². The minimum Gasteiger partial charge on any atom is -0.510 e. The van der Waals surface area contributed by atoms with E-state index in [-0.39, 0.29) is 17.9 Å². The second-order valence-electron chi connectivity index (χ2n) is 9.10. The molecular formula is C29H29NO3. The van der Waals surface area contributed by atoms with Crippen LogP contribution in [0.25, 0.3) is 0 Å². The number of nitrogens with zero attached hydrogens (tertiary/aromatic N) is 1. The van der Waals surface area contributed by atoms with Gasteiger partial charge in [0.05, 0.1) is 6.42 Å². The highest BCUT2D eigenvalue weighted by atomic mass is 16.6. The van der Waals surface area contributed by atoms with Crippen molar-refractivity contribution >= 4 is 11.7 Å². The van der Waals surface area contributed by atoms with Crippen molar-refractivity contribution in [2.75, 3.05) is 11.4 Å². The molecule has 168 valence electrons. The largest absolute Gasteiger partial charge is 0.510 e. The number of aryl methyl sites for hydroxylation is 1. The lowest BCUT2D eigenvalue weighted by molar-refractivity contribution is -0.161. The van der Waals surface area contributed by atoms with Gasteiger partial charge in [0, 0.05) is 12.2 Å². The van der Waals surface area contributed by atoms with Gasteiger partial charge in [0.1, 0.15) is 11.4 Å². The molecule has 1 unspecified atom stereocenters. The third-order valence-electron chi connectivity index (χ3n) is 6.64. The topological polar surface area (TPSA) is 49.8 Å². The van der Waals surface area contributed by atoms with Gasteiger partial charge in [-0.25, -0.2) is 4.79 Å². The number of hydrogen-bond donors (Lipinski definition) is 1. The summed E-state index contributed by atoms with van der Waals surface area (Å²) in [5.74, 6) is 0.185. The molecule has 1 aliphatic heterocycles. The maximum Gasteiger partial charge on any atom is 0.359 e. The fourth-order valence-corrected chi connectivity index (χ4v) is 4.67. The van der Waals surface area contributed by atoms with Crippen LogP contribution in [-0.2, 0) is 21.6 Å². The summed E-state index contributed by atoms with van der Waals surface area (Å²) in [5, 5.41) is 11.3. The van der Waals surface area contributed by atoms with Crippen LogP contribution in [0.1, 0.15) is 36.8 Å². The van der Waals surface area contributed by atoms with Crippen molar-refractivity contribution in [1.29, 1.82) is 0 Å². The Hall–Kier alpha value is -3.53. The monoisotopic (exact) mass is 439 g/mol. The van der Waals surface area contributed by atoms with Crippen molar-refractivity contribution in [2.24, 2.45) is 5.92 Å². The number of rotatable bonds is 8. The highest BCUT2D eigenvalue weighted by molar-refractivity contribution is 5.94. The van der Waals surface area contributed by atoms with Crippen molar-refractivity contribution in [2.45, 2.75) is 37.7 Å². The van der Waals surface area contributed by atoms with Crippen molar-refractivity contribution in [1.82, 2.24) is 0 Å². The Bertz CT molecular complexity index is 1120. The first-order valence-electron chi connectivity index (χ1n) is 11.7. The third kappa shape index (κ3) is 4.65. The van der Waals surface area contributed by atoms with Crippen molar-refractivity contribution in [3.63, 3.8) is 0 Å². The average molecular weight is 440 g/mol. The molecule has 0 amide bonds. The summed E-state index contributed by atoms with van der Waals surface area (Å²) in [4.78, 5) is 15.5. The normalized spacial score (nSPS) is 20.4. The molecule has 1 saturated carbocycles. The van der Waals surface area contributed by atoms with Crippen molar-refractivity contribution in [3.8, 4) is 0 Å². The maximum atomic E-state index is 13.5. The Balaban J connectivity index is 1.50. The van der Waals surface area contributed by atoms with Gasteiger partial charge in [-0.15, -0.1) is 0 Å². The van der Waals surface area contributed by atoms with E-state index >= 15 is 0 Å². The summed E-state index contributed by atoms with van der Waals surface area (Å²) >= 11 is 0. The molecule has 1 N–H and O–H groups in total. The van der Waals surface area contributed by atoms with Gasteiger partial charge in [0.25, 0.3) is 0 Å². The van der Waals surface area contributed by atoms with E-state index in [0.29, 0.717) is 18.9 Å². The molecule has 2 aliphatic rings. The number of para-hydroxylation sites is 1. The smallest absolute Gasteiger partial charge is 0.359 e. The zero-order valence-electron chi connectivity index (χ0n) is 18.7. The molecule has 0 saturated heterocycles. The molecule has 1 atom stereocenters. The Labute approximate surface area is 195 Å². The minimum absolute atomic E-state index is 0.104. The predicted molar refractivity (Wildman–Crippen MR) is 130 cm³/mol. The number of aliphatic hydroxyl groups is 1. The van der Waals surface area contributed by atoms with Gasteiger partial charge < -0.3 is 14.7 Å². The summed E-state index contributed by atoms with van der Waals surface area (Å²) in [5.41, 5.74) is 2.37. The third-order valence-corrected chi connectivity index (χ3v) is 6.64. The molecule has 1 aliphatic carbocycles. The van der Waals surface area contributed by atoms with Gasteiger partial charge in [-0.1, -0.05) is 78.9 Å².